The zero-order valence-corrected chi connectivity index (χ0v) is 13.1. The predicted molar refractivity (Wildman–Crippen MR) is 85.9 cm³/mol. The average molecular weight is 310 g/mol. The van der Waals surface area contributed by atoms with Crippen LogP contribution in [0.3, 0.4) is 0 Å². The molecule has 0 aliphatic rings. The third kappa shape index (κ3) is 3.76. The summed E-state index contributed by atoms with van der Waals surface area (Å²) in [5.41, 5.74) is 2.54. The average Bonchev–Trinajstić information content (AvgIpc) is 3.09. The van der Waals surface area contributed by atoms with E-state index in [2.05, 4.69) is 9.97 Å². The molecule has 0 radical (unpaired) electrons. The van der Waals surface area contributed by atoms with E-state index in [0.29, 0.717) is 12.5 Å². The second-order valence-electron chi connectivity index (χ2n) is 5.08. The molecular weight excluding hydrogens is 292 g/mol. The Bertz CT molecular complexity index is 738. The third-order valence-corrected chi connectivity index (χ3v) is 3.47. The lowest BCUT2D eigenvalue weighted by atomic mass is 10.2. The van der Waals surface area contributed by atoms with E-state index in [1.807, 2.05) is 49.4 Å². The molecule has 3 rings (SSSR count). The Kier molecular flexibility index (Phi) is 4.68. The summed E-state index contributed by atoms with van der Waals surface area (Å²) in [6.07, 6.45) is 3.27. The van der Waals surface area contributed by atoms with Crippen LogP contribution in [0.25, 0.3) is 11.5 Å². The van der Waals surface area contributed by atoms with E-state index in [-0.39, 0.29) is 6.10 Å². The maximum absolute atomic E-state index is 5.79. The summed E-state index contributed by atoms with van der Waals surface area (Å²) in [4.78, 5) is 8.73. The number of aromatic nitrogens is 2. The highest BCUT2D eigenvalue weighted by Gasteiger charge is 2.10. The van der Waals surface area contributed by atoms with Gasteiger partial charge in [0.15, 0.2) is 0 Å². The molecule has 0 fully saturated rings. The fourth-order valence-corrected chi connectivity index (χ4v) is 2.15. The SMILES string of the molecule is COc1ccc(-c2nc(CO[C@H](C)c3ccccn3)co2)cc1. The van der Waals surface area contributed by atoms with E-state index in [9.17, 15) is 0 Å². The highest BCUT2D eigenvalue weighted by atomic mass is 16.5. The van der Waals surface area contributed by atoms with E-state index in [1.165, 1.54) is 0 Å². The maximum atomic E-state index is 5.79. The number of oxazole rings is 1. The van der Waals surface area contributed by atoms with Gasteiger partial charge in [-0.1, -0.05) is 6.07 Å². The first kappa shape index (κ1) is 15.2. The summed E-state index contributed by atoms with van der Waals surface area (Å²) in [7, 11) is 1.64. The number of benzene rings is 1. The Hall–Kier alpha value is -2.66. The first-order valence-corrected chi connectivity index (χ1v) is 7.37. The quantitative estimate of drug-likeness (QED) is 0.688. The number of hydrogen-bond acceptors (Lipinski definition) is 5. The van der Waals surface area contributed by atoms with Crippen LogP contribution in [0.4, 0.5) is 0 Å². The van der Waals surface area contributed by atoms with Crippen molar-refractivity contribution in [1.29, 1.82) is 0 Å². The molecule has 0 unspecified atom stereocenters. The van der Waals surface area contributed by atoms with E-state index in [1.54, 1.807) is 19.6 Å². The lowest BCUT2D eigenvalue weighted by Crippen LogP contribution is -2.02. The molecule has 0 aliphatic carbocycles. The summed E-state index contributed by atoms with van der Waals surface area (Å²) in [5.74, 6) is 1.37. The number of hydrogen-bond donors (Lipinski definition) is 0. The second-order valence-corrected chi connectivity index (χ2v) is 5.08. The smallest absolute Gasteiger partial charge is 0.226 e. The predicted octanol–water partition coefficient (Wildman–Crippen LogP) is 4.02. The summed E-state index contributed by atoms with van der Waals surface area (Å²) in [5, 5.41) is 0. The molecule has 1 aromatic carbocycles. The minimum absolute atomic E-state index is 0.0997. The van der Waals surface area contributed by atoms with Gasteiger partial charge in [0.25, 0.3) is 0 Å². The van der Waals surface area contributed by atoms with Crippen LogP contribution in [-0.2, 0) is 11.3 Å². The Morgan fingerprint density at radius 3 is 2.65 bits per heavy atom. The van der Waals surface area contributed by atoms with Gasteiger partial charge in [-0.2, -0.15) is 0 Å². The van der Waals surface area contributed by atoms with Crippen molar-refractivity contribution in [3.05, 3.63) is 66.3 Å². The minimum atomic E-state index is -0.0997. The van der Waals surface area contributed by atoms with Crippen molar-refractivity contribution in [2.75, 3.05) is 7.11 Å². The zero-order chi connectivity index (χ0) is 16.1. The number of ether oxygens (including phenoxy) is 2. The van der Waals surface area contributed by atoms with Gasteiger partial charge >= 0.3 is 0 Å². The molecule has 2 aromatic heterocycles. The number of nitrogens with zero attached hydrogens (tertiary/aromatic N) is 2. The minimum Gasteiger partial charge on any atom is -0.497 e. The normalized spacial score (nSPS) is 12.1. The van der Waals surface area contributed by atoms with Crippen LogP contribution in [0.15, 0.2) is 59.3 Å². The molecule has 0 bridgehead atoms. The van der Waals surface area contributed by atoms with Gasteiger partial charge in [-0.25, -0.2) is 4.98 Å². The van der Waals surface area contributed by atoms with Gasteiger partial charge in [-0.3, -0.25) is 4.98 Å². The lowest BCUT2D eigenvalue weighted by Gasteiger charge is -2.10. The van der Waals surface area contributed by atoms with E-state index in [4.69, 9.17) is 13.9 Å². The lowest BCUT2D eigenvalue weighted by molar-refractivity contribution is 0.0477. The Morgan fingerprint density at radius 1 is 1.13 bits per heavy atom. The van der Waals surface area contributed by atoms with Crippen LogP contribution >= 0.6 is 0 Å². The molecule has 2 heterocycles. The first-order valence-electron chi connectivity index (χ1n) is 7.37. The number of pyridine rings is 1. The van der Waals surface area contributed by atoms with E-state index >= 15 is 0 Å². The van der Waals surface area contributed by atoms with Crippen molar-refractivity contribution in [2.45, 2.75) is 19.6 Å². The highest BCUT2D eigenvalue weighted by Crippen LogP contribution is 2.23. The fraction of sp³-hybridized carbons (Fsp3) is 0.222. The zero-order valence-electron chi connectivity index (χ0n) is 13.1. The second kappa shape index (κ2) is 7.07. The highest BCUT2D eigenvalue weighted by molar-refractivity contribution is 5.54. The fourth-order valence-electron chi connectivity index (χ4n) is 2.15. The van der Waals surface area contributed by atoms with Crippen LogP contribution in [-0.4, -0.2) is 17.1 Å². The maximum Gasteiger partial charge on any atom is 0.226 e. The molecule has 23 heavy (non-hydrogen) atoms. The Balaban J connectivity index is 1.63. The van der Waals surface area contributed by atoms with Crippen molar-refractivity contribution in [3.63, 3.8) is 0 Å². The van der Waals surface area contributed by atoms with Crippen molar-refractivity contribution in [1.82, 2.24) is 9.97 Å². The van der Waals surface area contributed by atoms with Gasteiger partial charge in [0.1, 0.15) is 17.7 Å². The monoisotopic (exact) mass is 310 g/mol. The Morgan fingerprint density at radius 2 is 1.96 bits per heavy atom. The third-order valence-electron chi connectivity index (χ3n) is 3.47. The summed E-state index contributed by atoms with van der Waals surface area (Å²) in [6, 6.07) is 13.3. The van der Waals surface area contributed by atoms with Gasteiger partial charge in [0.2, 0.25) is 5.89 Å². The molecule has 1 atom stereocenters. The van der Waals surface area contributed by atoms with Crippen LogP contribution in [0.5, 0.6) is 5.75 Å². The molecule has 3 aromatic rings. The Labute approximate surface area is 134 Å². The molecule has 118 valence electrons. The number of rotatable bonds is 6. The summed E-state index contributed by atoms with van der Waals surface area (Å²) in [6.45, 7) is 2.34. The van der Waals surface area contributed by atoms with E-state index < -0.39 is 0 Å². The number of methoxy groups -OCH3 is 1. The van der Waals surface area contributed by atoms with Gasteiger partial charge in [-0.15, -0.1) is 0 Å². The van der Waals surface area contributed by atoms with Gasteiger partial charge in [0.05, 0.1) is 25.5 Å². The van der Waals surface area contributed by atoms with Gasteiger partial charge in [-0.05, 0) is 43.3 Å². The largest absolute Gasteiger partial charge is 0.497 e. The molecule has 0 spiro atoms. The van der Waals surface area contributed by atoms with Crippen molar-refractivity contribution in [2.24, 2.45) is 0 Å². The van der Waals surface area contributed by atoms with Crippen molar-refractivity contribution < 1.29 is 13.9 Å². The summed E-state index contributed by atoms with van der Waals surface area (Å²) >= 11 is 0. The van der Waals surface area contributed by atoms with Gasteiger partial charge < -0.3 is 13.9 Å². The molecular formula is C18H18N2O3. The molecule has 0 aliphatic heterocycles. The van der Waals surface area contributed by atoms with Crippen LogP contribution in [0.2, 0.25) is 0 Å². The molecule has 0 amide bonds. The van der Waals surface area contributed by atoms with Crippen molar-refractivity contribution >= 4 is 0 Å². The van der Waals surface area contributed by atoms with Crippen molar-refractivity contribution in [3.8, 4) is 17.2 Å². The van der Waals surface area contributed by atoms with Gasteiger partial charge in [0, 0.05) is 11.8 Å². The standard InChI is InChI=1S/C18H18N2O3/c1-13(17-5-3-4-10-19-17)22-11-15-12-23-18(20-15)14-6-8-16(21-2)9-7-14/h3-10,12-13H,11H2,1-2H3/t13-/m1/s1. The van der Waals surface area contributed by atoms with Crippen LogP contribution in [0, 0.1) is 0 Å². The van der Waals surface area contributed by atoms with E-state index in [0.717, 1.165) is 22.7 Å². The molecule has 0 saturated carbocycles. The van der Waals surface area contributed by atoms with Crippen LogP contribution < -0.4 is 4.74 Å². The summed E-state index contributed by atoms with van der Waals surface area (Å²) < 4.78 is 16.4. The first-order chi connectivity index (χ1) is 11.3. The van der Waals surface area contributed by atoms with Crippen LogP contribution in [0.1, 0.15) is 24.4 Å². The molecule has 5 nitrogen and oxygen atoms in total. The molecule has 0 N–H and O–H groups in total. The molecule has 5 heteroatoms. The molecule has 0 saturated heterocycles. The topological polar surface area (TPSA) is 57.4 Å².